The molecule has 106 valence electrons. The maximum atomic E-state index is 10.9. The minimum absolute atomic E-state index is 0.0674. The summed E-state index contributed by atoms with van der Waals surface area (Å²) in [5.74, 6) is 0. The molecule has 0 amide bonds. The zero-order valence-corrected chi connectivity index (χ0v) is 11.6. The number of aromatic nitrogens is 2. The highest BCUT2D eigenvalue weighted by Crippen LogP contribution is 2.22. The van der Waals surface area contributed by atoms with Crippen molar-refractivity contribution < 1.29 is 4.92 Å². The molecule has 1 unspecified atom stereocenters. The summed E-state index contributed by atoms with van der Waals surface area (Å²) in [6.45, 7) is 5.35. The van der Waals surface area contributed by atoms with Crippen molar-refractivity contribution in [1.29, 1.82) is 0 Å². The highest BCUT2D eigenvalue weighted by molar-refractivity contribution is 5.43. The van der Waals surface area contributed by atoms with Gasteiger partial charge in [-0.3, -0.25) is 10.1 Å². The number of nitrogens with one attached hydrogen (secondary N) is 1. The van der Waals surface area contributed by atoms with Crippen molar-refractivity contribution in [3.05, 3.63) is 58.2 Å². The molecule has 6 nitrogen and oxygen atoms in total. The number of nitro groups is 1. The average Bonchev–Trinajstić information content (AvgIpc) is 2.92. The molecule has 0 bridgehead atoms. The first-order chi connectivity index (χ1) is 9.58. The lowest BCUT2D eigenvalue weighted by molar-refractivity contribution is -0.385. The van der Waals surface area contributed by atoms with E-state index in [9.17, 15) is 10.1 Å². The van der Waals surface area contributed by atoms with Crippen LogP contribution in [0.2, 0.25) is 0 Å². The van der Waals surface area contributed by atoms with E-state index in [2.05, 4.69) is 10.3 Å². The molecule has 0 fully saturated rings. The lowest BCUT2D eigenvalue weighted by Crippen LogP contribution is -2.23. The van der Waals surface area contributed by atoms with Gasteiger partial charge in [-0.25, -0.2) is 4.98 Å². The predicted octanol–water partition coefficient (Wildman–Crippen LogP) is 2.45. The maximum absolute atomic E-state index is 10.9. The first-order valence-corrected chi connectivity index (χ1v) is 6.52. The lowest BCUT2D eigenvalue weighted by Gasteiger charge is -2.14. The van der Waals surface area contributed by atoms with E-state index in [1.807, 2.05) is 23.8 Å². The molecule has 0 aliphatic heterocycles. The van der Waals surface area contributed by atoms with Gasteiger partial charge in [0.05, 0.1) is 11.3 Å². The third-order valence-electron chi connectivity index (χ3n) is 3.31. The molecule has 0 aliphatic rings. The molecule has 0 aliphatic carbocycles. The highest BCUT2D eigenvalue weighted by atomic mass is 16.6. The van der Waals surface area contributed by atoms with Crippen LogP contribution < -0.4 is 5.32 Å². The van der Waals surface area contributed by atoms with Crippen LogP contribution in [0, 0.1) is 17.0 Å². The Balaban J connectivity index is 1.96. The van der Waals surface area contributed by atoms with Crippen LogP contribution in [-0.2, 0) is 6.54 Å². The van der Waals surface area contributed by atoms with E-state index in [0.717, 1.165) is 18.7 Å². The van der Waals surface area contributed by atoms with Gasteiger partial charge in [-0.2, -0.15) is 0 Å². The van der Waals surface area contributed by atoms with E-state index in [1.165, 1.54) is 0 Å². The van der Waals surface area contributed by atoms with Crippen molar-refractivity contribution in [2.24, 2.45) is 0 Å². The van der Waals surface area contributed by atoms with Crippen LogP contribution in [0.25, 0.3) is 0 Å². The van der Waals surface area contributed by atoms with Crippen LogP contribution in [0.15, 0.2) is 36.9 Å². The Labute approximate surface area is 117 Å². The summed E-state index contributed by atoms with van der Waals surface area (Å²) < 4.78 is 1.98. The first-order valence-electron chi connectivity index (χ1n) is 6.52. The monoisotopic (exact) mass is 274 g/mol. The molecule has 0 spiro atoms. The van der Waals surface area contributed by atoms with E-state index >= 15 is 0 Å². The highest BCUT2D eigenvalue weighted by Gasteiger charge is 2.13. The molecular formula is C14H18N4O2. The zero-order valence-electron chi connectivity index (χ0n) is 11.6. The van der Waals surface area contributed by atoms with E-state index in [4.69, 9.17) is 0 Å². The summed E-state index contributed by atoms with van der Waals surface area (Å²) in [7, 11) is 0. The number of hydrogen-bond donors (Lipinski definition) is 1. The Morgan fingerprint density at radius 1 is 1.50 bits per heavy atom. The van der Waals surface area contributed by atoms with Gasteiger partial charge < -0.3 is 9.88 Å². The molecule has 1 atom stereocenters. The summed E-state index contributed by atoms with van der Waals surface area (Å²) in [6.07, 6.45) is 5.42. The molecule has 6 heteroatoms. The number of benzene rings is 1. The smallest absolute Gasteiger partial charge is 0.272 e. The third kappa shape index (κ3) is 3.42. The summed E-state index contributed by atoms with van der Waals surface area (Å²) in [6, 6.07) is 5.43. The number of hydrogen-bond acceptors (Lipinski definition) is 4. The molecule has 20 heavy (non-hydrogen) atoms. The number of nitrogens with zero attached hydrogens (tertiary/aromatic N) is 3. The van der Waals surface area contributed by atoms with E-state index < -0.39 is 0 Å². The molecule has 0 saturated heterocycles. The maximum Gasteiger partial charge on any atom is 0.272 e. The van der Waals surface area contributed by atoms with Crippen molar-refractivity contribution in [3.8, 4) is 0 Å². The van der Waals surface area contributed by atoms with Gasteiger partial charge >= 0.3 is 0 Å². The van der Waals surface area contributed by atoms with Crippen molar-refractivity contribution in [2.45, 2.75) is 26.4 Å². The molecule has 0 saturated carbocycles. The molecule has 1 heterocycles. The fourth-order valence-electron chi connectivity index (χ4n) is 2.04. The number of aryl methyl sites for hydroxylation is 1. The van der Waals surface area contributed by atoms with Crippen LogP contribution >= 0.6 is 0 Å². The molecule has 1 aromatic heterocycles. The molecule has 2 aromatic rings. The van der Waals surface area contributed by atoms with Gasteiger partial charge in [0.15, 0.2) is 0 Å². The van der Waals surface area contributed by atoms with Gasteiger partial charge in [0.25, 0.3) is 5.69 Å². The summed E-state index contributed by atoms with van der Waals surface area (Å²) in [4.78, 5) is 14.6. The van der Waals surface area contributed by atoms with Crippen LogP contribution in [0.1, 0.15) is 24.1 Å². The first kappa shape index (κ1) is 14.2. The average molecular weight is 274 g/mol. The van der Waals surface area contributed by atoms with Gasteiger partial charge in [-0.05, 0) is 19.4 Å². The third-order valence-corrected chi connectivity index (χ3v) is 3.31. The summed E-state index contributed by atoms with van der Waals surface area (Å²) >= 11 is 0. The Morgan fingerprint density at radius 3 is 2.95 bits per heavy atom. The second kappa shape index (κ2) is 6.29. The van der Waals surface area contributed by atoms with Gasteiger partial charge in [-0.15, -0.1) is 0 Å². The normalized spacial score (nSPS) is 12.3. The number of nitro benzene ring substituents is 1. The Kier molecular flexibility index (Phi) is 4.47. The number of rotatable bonds is 6. The fraction of sp³-hybridized carbons (Fsp3) is 0.357. The molecular weight excluding hydrogens is 256 g/mol. The zero-order chi connectivity index (χ0) is 14.5. The van der Waals surface area contributed by atoms with Crippen LogP contribution in [0.4, 0.5) is 5.69 Å². The summed E-state index contributed by atoms with van der Waals surface area (Å²) in [5, 5.41) is 14.3. The Bertz CT molecular complexity index is 581. The van der Waals surface area contributed by atoms with E-state index in [-0.39, 0.29) is 16.7 Å². The second-order valence-electron chi connectivity index (χ2n) is 4.78. The van der Waals surface area contributed by atoms with Crippen LogP contribution in [-0.4, -0.2) is 21.0 Å². The van der Waals surface area contributed by atoms with Crippen LogP contribution in [0.3, 0.4) is 0 Å². The van der Waals surface area contributed by atoms with Crippen molar-refractivity contribution in [1.82, 2.24) is 14.9 Å². The SMILES string of the molecule is Cc1ccc(C(C)NCCn2ccnc2)cc1[N+](=O)[O-]. The van der Waals surface area contributed by atoms with Crippen molar-refractivity contribution >= 4 is 5.69 Å². The molecule has 1 aromatic carbocycles. The topological polar surface area (TPSA) is 73.0 Å². The molecule has 1 N–H and O–H groups in total. The standard InChI is InChI=1S/C14H18N4O2/c1-11-3-4-13(9-14(11)18(19)20)12(2)16-6-8-17-7-5-15-10-17/h3-5,7,9-10,12,16H,6,8H2,1-2H3. The largest absolute Gasteiger partial charge is 0.336 e. The van der Waals surface area contributed by atoms with Gasteiger partial charge in [0.1, 0.15) is 0 Å². The number of imidazole rings is 1. The van der Waals surface area contributed by atoms with Crippen molar-refractivity contribution in [2.75, 3.05) is 6.54 Å². The minimum Gasteiger partial charge on any atom is -0.336 e. The Morgan fingerprint density at radius 2 is 2.30 bits per heavy atom. The van der Waals surface area contributed by atoms with E-state index in [0.29, 0.717) is 5.56 Å². The predicted molar refractivity (Wildman–Crippen MR) is 76.5 cm³/mol. The van der Waals surface area contributed by atoms with Crippen molar-refractivity contribution in [3.63, 3.8) is 0 Å². The van der Waals surface area contributed by atoms with E-state index in [1.54, 1.807) is 31.6 Å². The van der Waals surface area contributed by atoms with Gasteiger partial charge in [-0.1, -0.05) is 12.1 Å². The second-order valence-corrected chi connectivity index (χ2v) is 4.78. The summed E-state index contributed by atoms with van der Waals surface area (Å²) in [5.41, 5.74) is 1.78. The van der Waals surface area contributed by atoms with Crippen LogP contribution in [0.5, 0.6) is 0 Å². The minimum atomic E-state index is -0.336. The Hall–Kier alpha value is -2.21. The fourth-order valence-corrected chi connectivity index (χ4v) is 2.04. The quantitative estimate of drug-likeness (QED) is 0.648. The lowest BCUT2D eigenvalue weighted by atomic mass is 10.0. The van der Waals surface area contributed by atoms with Gasteiger partial charge in [0.2, 0.25) is 0 Å². The molecule has 2 rings (SSSR count). The van der Waals surface area contributed by atoms with Gasteiger partial charge in [0, 0.05) is 43.2 Å². The molecule has 0 radical (unpaired) electrons.